The van der Waals surface area contributed by atoms with Gasteiger partial charge in [-0.2, -0.15) is 0 Å². The zero-order chi connectivity index (χ0) is 15.6. The lowest BCUT2D eigenvalue weighted by Crippen LogP contribution is -2.44. The van der Waals surface area contributed by atoms with E-state index in [0.717, 1.165) is 44.8 Å². The van der Waals surface area contributed by atoms with Crippen molar-refractivity contribution in [2.75, 3.05) is 40.4 Å². The minimum absolute atomic E-state index is 0.185. The van der Waals surface area contributed by atoms with Crippen molar-refractivity contribution in [2.45, 2.75) is 31.7 Å². The molecule has 1 amide bonds. The molecule has 2 aliphatic rings. The zero-order valence-electron chi connectivity index (χ0n) is 13.6. The highest BCUT2D eigenvalue weighted by Gasteiger charge is 2.44. The molecular formula is C17H26N2O3. The molecule has 0 aromatic carbocycles. The third-order valence-electron chi connectivity index (χ3n) is 5.32. The fourth-order valence-electron chi connectivity index (χ4n) is 4.02. The van der Waals surface area contributed by atoms with E-state index in [2.05, 4.69) is 11.9 Å². The van der Waals surface area contributed by atoms with Gasteiger partial charge in [-0.15, -0.1) is 0 Å². The molecule has 1 spiro atoms. The molecule has 3 heterocycles. The van der Waals surface area contributed by atoms with Gasteiger partial charge in [0.2, 0.25) is 5.91 Å². The molecule has 0 bridgehead atoms. The Kier molecular flexibility index (Phi) is 4.54. The Morgan fingerprint density at radius 3 is 2.86 bits per heavy atom. The van der Waals surface area contributed by atoms with E-state index in [1.54, 1.807) is 13.4 Å². The van der Waals surface area contributed by atoms with E-state index in [-0.39, 0.29) is 5.91 Å². The van der Waals surface area contributed by atoms with Crippen molar-refractivity contribution in [1.82, 2.24) is 9.80 Å². The largest absolute Gasteiger partial charge is 0.469 e. The first kappa shape index (κ1) is 15.6. The van der Waals surface area contributed by atoms with Crippen LogP contribution in [0.25, 0.3) is 0 Å². The highest BCUT2D eigenvalue weighted by Crippen LogP contribution is 2.42. The number of piperidine rings is 1. The van der Waals surface area contributed by atoms with Gasteiger partial charge in [-0.05, 0) is 43.9 Å². The van der Waals surface area contributed by atoms with Crippen LogP contribution in [0.1, 0.15) is 25.0 Å². The predicted molar refractivity (Wildman–Crippen MR) is 83.6 cm³/mol. The molecule has 0 unspecified atom stereocenters. The summed E-state index contributed by atoms with van der Waals surface area (Å²) in [7, 11) is 3.96. The average Bonchev–Trinajstić information content (AvgIpc) is 3.09. The average molecular weight is 306 g/mol. The summed E-state index contributed by atoms with van der Waals surface area (Å²) in [5, 5.41) is 0. The second-order valence-corrected chi connectivity index (χ2v) is 6.87. The van der Waals surface area contributed by atoms with Crippen molar-refractivity contribution in [2.24, 2.45) is 5.41 Å². The minimum atomic E-state index is 0.185. The molecule has 1 aromatic rings. The summed E-state index contributed by atoms with van der Waals surface area (Å²) in [5.74, 6) is 0.940. The van der Waals surface area contributed by atoms with Gasteiger partial charge in [0.1, 0.15) is 5.76 Å². The van der Waals surface area contributed by atoms with Crippen LogP contribution in [0.15, 0.2) is 22.8 Å². The van der Waals surface area contributed by atoms with Gasteiger partial charge in [-0.1, -0.05) is 0 Å². The maximum absolute atomic E-state index is 12.3. The molecule has 22 heavy (non-hydrogen) atoms. The normalized spacial score (nSPS) is 25.0. The summed E-state index contributed by atoms with van der Waals surface area (Å²) in [6.45, 7) is 3.67. The Bertz CT molecular complexity index is 492. The molecule has 5 nitrogen and oxygen atoms in total. The van der Waals surface area contributed by atoms with E-state index in [4.69, 9.17) is 9.15 Å². The maximum atomic E-state index is 12.3. The standard InChI is InChI=1S/C17H26N2O3/c1-18-13-17(11-14(18)12-21-2)5-7-19(8-6-17)16(20)10-15-4-3-9-22-15/h3-4,9,14H,5-8,10-13H2,1-2H3/t14-/m1/s1. The number of amides is 1. The van der Waals surface area contributed by atoms with Gasteiger partial charge in [-0.25, -0.2) is 0 Å². The molecule has 2 saturated heterocycles. The SMILES string of the molecule is COC[C@H]1CC2(CCN(C(=O)Cc3ccco3)CC2)CN1C. The van der Waals surface area contributed by atoms with Crippen LogP contribution in [-0.4, -0.2) is 62.1 Å². The Balaban J connectivity index is 1.53. The number of hydrogen-bond acceptors (Lipinski definition) is 4. The number of rotatable bonds is 4. The predicted octanol–water partition coefficient (Wildman–Crippen LogP) is 1.78. The number of carbonyl (C=O) groups is 1. The van der Waals surface area contributed by atoms with Crippen LogP contribution in [0.2, 0.25) is 0 Å². The van der Waals surface area contributed by atoms with Crippen molar-refractivity contribution >= 4 is 5.91 Å². The molecule has 0 radical (unpaired) electrons. The summed E-state index contributed by atoms with van der Waals surface area (Å²) in [6.07, 6.45) is 5.39. The van der Waals surface area contributed by atoms with Gasteiger partial charge in [-0.3, -0.25) is 4.79 Å². The molecule has 122 valence electrons. The first-order valence-electron chi connectivity index (χ1n) is 8.11. The lowest BCUT2D eigenvalue weighted by Gasteiger charge is -2.39. The van der Waals surface area contributed by atoms with E-state index < -0.39 is 0 Å². The number of furan rings is 1. The Labute approximate surface area is 132 Å². The topological polar surface area (TPSA) is 45.9 Å². The van der Waals surface area contributed by atoms with Crippen LogP contribution < -0.4 is 0 Å². The van der Waals surface area contributed by atoms with E-state index in [9.17, 15) is 4.79 Å². The van der Waals surface area contributed by atoms with Gasteiger partial charge in [0.25, 0.3) is 0 Å². The van der Waals surface area contributed by atoms with Crippen molar-refractivity contribution in [3.8, 4) is 0 Å². The van der Waals surface area contributed by atoms with Crippen LogP contribution in [0.5, 0.6) is 0 Å². The number of methoxy groups -OCH3 is 1. The molecule has 3 rings (SSSR count). The molecule has 0 saturated carbocycles. The first-order chi connectivity index (χ1) is 10.6. The van der Waals surface area contributed by atoms with Gasteiger partial charge >= 0.3 is 0 Å². The minimum Gasteiger partial charge on any atom is -0.469 e. The number of likely N-dealkylation sites (tertiary alicyclic amines) is 2. The van der Waals surface area contributed by atoms with Crippen molar-refractivity contribution in [3.05, 3.63) is 24.2 Å². The van der Waals surface area contributed by atoms with Crippen LogP contribution >= 0.6 is 0 Å². The van der Waals surface area contributed by atoms with E-state index in [1.807, 2.05) is 17.0 Å². The second-order valence-electron chi connectivity index (χ2n) is 6.87. The lowest BCUT2D eigenvalue weighted by molar-refractivity contribution is -0.133. The van der Waals surface area contributed by atoms with E-state index in [1.165, 1.54) is 6.42 Å². The van der Waals surface area contributed by atoms with Crippen molar-refractivity contribution in [3.63, 3.8) is 0 Å². The first-order valence-corrected chi connectivity index (χ1v) is 8.11. The van der Waals surface area contributed by atoms with Crippen LogP contribution in [-0.2, 0) is 16.0 Å². The monoisotopic (exact) mass is 306 g/mol. The van der Waals surface area contributed by atoms with Crippen molar-refractivity contribution < 1.29 is 13.9 Å². The summed E-state index contributed by atoms with van der Waals surface area (Å²) in [5.41, 5.74) is 0.374. The molecular weight excluding hydrogens is 280 g/mol. The van der Waals surface area contributed by atoms with Gasteiger partial charge in [0, 0.05) is 32.8 Å². The van der Waals surface area contributed by atoms with E-state index >= 15 is 0 Å². The highest BCUT2D eigenvalue weighted by molar-refractivity contribution is 5.78. The molecule has 2 fully saturated rings. The van der Waals surface area contributed by atoms with Crippen LogP contribution in [0.3, 0.4) is 0 Å². The third-order valence-corrected chi connectivity index (χ3v) is 5.32. The molecule has 5 heteroatoms. The molecule has 0 N–H and O–H groups in total. The number of ether oxygens (including phenoxy) is 1. The summed E-state index contributed by atoms with van der Waals surface area (Å²) in [6, 6.07) is 4.22. The van der Waals surface area contributed by atoms with Gasteiger partial charge in [0.15, 0.2) is 0 Å². The third kappa shape index (κ3) is 3.20. The Morgan fingerprint density at radius 1 is 1.45 bits per heavy atom. The molecule has 1 atom stereocenters. The molecule has 1 aromatic heterocycles. The summed E-state index contributed by atoms with van der Waals surface area (Å²) >= 11 is 0. The van der Waals surface area contributed by atoms with Crippen LogP contribution in [0.4, 0.5) is 0 Å². The maximum Gasteiger partial charge on any atom is 0.230 e. The Morgan fingerprint density at radius 2 is 2.23 bits per heavy atom. The summed E-state index contributed by atoms with van der Waals surface area (Å²) < 4.78 is 10.6. The van der Waals surface area contributed by atoms with Crippen LogP contribution in [0, 0.1) is 5.41 Å². The van der Waals surface area contributed by atoms with Gasteiger partial charge in [0.05, 0.1) is 19.3 Å². The Hall–Kier alpha value is -1.33. The zero-order valence-corrected chi connectivity index (χ0v) is 13.6. The number of carbonyl (C=O) groups excluding carboxylic acids is 1. The quantitative estimate of drug-likeness (QED) is 0.851. The van der Waals surface area contributed by atoms with E-state index in [0.29, 0.717) is 17.9 Å². The number of likely N-dealkylation sites (N-methyl/N-ethyl adjacent to an activating group) is 1. The highest BCUT2D eigenvalue weighted by atomic mass is 16.5. The molecule has 2 aliphatic heterocycles. The fourth-order valence-corrected chi connectivity index (χ4v) is 4.02. The fraction of sp³-hybridized carbons (Fsp3) is 0.706. The number of nitrogens with zero attached hydrogens (tertiary/aromatic N) is 2. The van der Waals surface area contributed by atoms with Gasteiger partial charge < -0.3 is 19.0 Å². The molecule has 0 aliphatic carbocycles. The summed E-state index contributed by atoms with van der Waals surface area (Å²) in [4.78, 5) is 16.8. The lowest BCUT2D eigenvalue weighted by atomic mass is 9.76. The second kappa shape index (κ2) is 6.42. The van der Waals surface area contributed by atoms with Crippen molar-refractivity contribution in [1.29, 1.82) is 0 Å². The number of hydrogen-bond donors (Lipinski definition) is 0. The smallest absolute Gasteiger partial charge is 0.230 e.